The molecule has 0 spiro atoms. The molecule has 0 aromatic heterocycles. The molecular weight excluding hydrogens is 251 g/mol. The van der Waals surface area contributed by atoms with Crippen molar-refractivity contribution in [2.24, 2.45) is 5.73 Å². The van der Waals surface area contributed by atoms with Gasteiger partial charge >= 0.3 is 11.9 Å². The van der Waals surface area contributed by atoms with Gasteiger partial charge in [0, 0.05) is 38.9 Å². The van der Waals surface area contributed by atoms with Crippen LogP contribution in [-0.2, 0) is 29.1 Å². The Kier molecular flexibility index (Phi) is 17.5. The fraction of sp³-hybridized carbons (Fsp3) is 0.556. The molecule has 15 heavy (non-hydrogen) atoms. The zero-order valence-electron chi connectivity index (χ0n) is 9.03. The summed E-state index contributed by atoms with van der Waals surface area (Å²) in [5.41, 5.74) is 5.96. The van der Waals surface area contributed by atoms with Gasteiger partial charge in [-0.25, -0.2) is 0 Å². The Hall–Kier alpha value is -0.737. The molecule has 0 saturated heterocycles. The summed E-state index contributed by atoms with van der Waals surface area (Å²) < 4.78 is 0. The zero-order chi connectivity index (χ0) is 11.6. The van der Waals surface area contributed by atoms with Crippen molar-refractivity contribution in [1.82, 2.24) is 0 Å². The monoisotopic (exact) mass is 267 g/mol. The summed E-state index contributed by atoms with van der Waals surface area (Å²) in [5, 5.41) is 15.9. The van der Waals surface area contributed by atoms with Crippen LogP contribution in [0, 0.1) is 0 Å². The van der Waals surface area contributed by atoms with Crippen LogP contribution in [0.3, 0.4) is 0 Å². The van der Waals surface area contributed by atoms with Crippen LogP contribution in [0.1, 0.15) is 26.2 Å². The number of hydrogen-bond acceptors (Lipinski definition) is 3. The van der Waals surface area contributed by atoms with Crippen LogP contribution in [0.5, 0.6) is 0 Å². The fourth-order valence-corrected chi connectivity index (χ4v) is 0.386. The number of carboxylic acid groups (broad SMARTS) is 2. The first kappa shape index (κ1) is 19.8. The second-order valence-electron chi connectivity index (χ2n) is 2.60. The third-order valence-corrected chi connectivity index (χ3v) is 1.28. The van der Waals surface area contributed by atoms with E-state index >= 15 is 0 Å². The Morgan fingerprint density at radius 1 is 1.20 bits per heavy atom. The van der Waals surface area contributed by atoms with E-state index in [0.717, 1.165) is 5.57 Å². The molecule has 84 valence electrons. The molecule has 0 aliphatic heterocycles. The summed E-state index contributed by atoms with van der Waals surface area (Å²) in [6.07, 6.45) is 0.849. The summed E-state index contributed by atoms with van der Waals surface area (Å²) >= 11 is 0. The van der Waals surface area contributed by atoms with Crippen molar-refractivity contribution in [1.29, 1.82) is 0 Å². The van der Waals surface area contributed by atoms with Crippen LogP contribution in [0.15, 0.2) is 12.2 Å². The van der Waals surface area contributed by atoms with Crippen molar-refractivity contribution in [3.63, 3.8) is 0 Å². The number of carboxylic acids is 2. The second kappa shape index (κ2) is 13.3. The largest absolute Gasteiger partial charge is 0.481 e. The molecule has 0 radical (unpaired) electrons. The van der Waals surface area contributed by atoms with Gasteiger partial charge in [-0.3, -0.25) is 9.59 Å². The van der Waals surface area contributed by atoms with Crippen LogP contribution in [0.2, 0.25) is 0 Å². The van der Waals surface area contributed by atoms with Gasteiger partial charge in [0.2, 0.25) is 0 Å². The normalized spacial score (nSPS) is 7.87. The number of nitrogens with two attached hydrogens (primary N) is 1. The van der Waals surface area contributed by atoms with Crippen molar-refractivity contribution in [3.05, 3.63) is 12.2 Å². The molecule has 0 aliphatic carbocycles. The van der Waals surface area contributed by atoms with Crippen molar-refractivity contribution >= 4 is 11.9 Å². The van der Waals surface area contributed by atoms with Crippen LogP contribution in [-0.4, -0.2) is 28.7 Å². The van der Waals surface area contributed by atoms with E-state index in [1.54, 1.807) is 6.92 Å². The molecule has 0 unspecified atom stereocenters. The third kappa shape index (κ3) is 24.6. The quantitative estimate of drug-likeness (QED) is 0.507. The van der Waals surface area contributed by atoms with E-state index in [1.165, 1.54) is 0 Å². The minimum absolute atomic E-state index is 0. The number of carbonyl (C=O) groups is 2. The van der Waals surface area contributed by atoms with E-state index in [2.05, 4.69) is 6.58 Å². The predicted octanol–water partition coefficient (Wildman–Crippen LogP) is 0.845. The van der Waals surface area contributed by atoms with Crippen LogP contribution < -0.4 is 5.73 Å². The molecule has 0 heterocycles. The molecular formula is C9H17NO4Zn. The summed E-state index contributed by atoms with van der Waals surface area (Å²) in [5.74, 6) is -1.55. The van der Waals surface area contributed by atoms with E-state index in [9.17, 15) is 9.59 Å². The van der Waals surface area contributed by atoms with Gasteiger partial charge < -0.3 is 15.9 Å². The van der Waals surface area contributed by atoms with Gasteiger partial charge in [0.25, 0.3) is 0 Å². The Morgan fingerprint density at radius 2 is 1.60 bits per heavy atom. The summed E-state index contributed by atoms with van der Waals surface area (Å²) in [4.78, 5) is 19.3. The molecule has 0 rings (SSSR count). The van der Waals surface area contributed by atoms with Gasteiger partial charge in [-0.1, -0.05) is 19.1 Å². The molecule has 0 fully saturated rings. The van der Waals surface area contributed by atoms with Gasteiger partial charge in [0.1, 0.15) is 0 Å². The van der Waals surface area contributed by atoms with E-state index in [4.69, 9.17) is 15.9 Å². The van der Waals surface area contributed by atoms with E-state index < -0.39 is 11.9 Å². The predicted molar refractivity (Wildman–Crippen MR) is 53.0 cm³/mol. The van der Waals surface area contributed by atoms with Gasteiger partial charge in [-0.15, -0.1) is 0 Å². The third-order valence-electron chi connectivity index (χ3n) is 1.28. The standard InChI is InChI=1S/C6H11NO2.C3H6O2.Zn/c1-5(4-7)2-3-6(8)9;1-2-3(4)5;/h1-4,7H2,(H,8,9);2H2,1H3,(H,4,5);. The fourth-order valence-electron chi connectivity index (χ4n) is 0.386. The van der Waals surface area contributed by atoms with E-state index in [1.807, 2.05) is 0 Å². The van der Waals surface area contributed by atoms with E-state index in [0.29, 0.717) is 13.0 Å². The van der Waals surface area contributed by atoms with Gasteiger partial charge in [0.15, 0.2) is 0 Å². The van der Waals surface area contributed by atoms with Crippen molar-refractivity contribution < 1.29 is 39.3 Å². The molecule has 0 aliphatic rings. The van der Waals surface area contributed by atoms with Crippen LogP contribution in [0.4, 0.5) is 0 Å². The first-order chi connectivity index (χ1) is 6.43. The van der Waals surface area contributed by atoms with Gasteiger partial charge in [0.05, 0.1) is 0 Å². The SMILES string of the molecule is C=C(CN)CCC(=O)O.CCC(=O)O.[Zn]. The topological polar surface area (TPSA) is 101 Å². The molecule has 0 bridgehead atoms. The minimum atomic E-state index is -0.801. The molecule has 0 amide bonds. The average molecular weight is 269 g/mol. The second-order valence-corrected chi connectivity index (χ2v) is 2.60. The number of hydrogen-bond donors (Lipinski definition) is 3. The van der Waals surface area contributed by atoms with Crippen molar-refractivity contribution in [3.8, 4) is 0 Å². The van der Waals surface area contributed by atoms with Gasteiger partial charge in [-0.05, 0) is 6.42 Å². The zero-order valence-corrected chi connectivity index (χ0v) is 12.0. The molecule has 5 nitrogen and oxygen atoms in total. The molecule has 0 aromatic rings. The smallest absolute Gasteiger partial charge is 0.303 e. The first-order valence-corrected chi connectivity index (χ1v) is 4.24. The summed E-state index contributed by atoms with van der Waals surface area (Å²) in [6.45, 7) is 5.54. The van der Waals surface area contributed by atoms with Crippen LogP contribution in [0.25, 0.3) is 0 Å². The van der Waals surface area contributed by atoms with E-state index in [-0.39, 0.29) is 32.3 Å². The van der Waals surface area contributed by atoms with Gasteiger partial charge in [-0.2, -0.15) is 0 Å². The van der Waals surface area contributed by atoms with Crippen molar-refractivity contribution in [2.75, 3.05) is 6.54 Å². The minimum Gasteiger partial charge on any atom is -0.481 e. The van der Waals surface area contributed by atoms with Crippen LogP contribution >= 0.6 is 0 Å². The maximum atomic E-state index is 9.94. The first-order valence-electron chi connectivity index (χ1n) is 4.24. The molecule has 0 saturated carbocycles. The number of rotatable bonds is 5. The Labute approximate surface area is 102 Å². The van der Waals surface area contributed by atoms with Crippen molar-refractivity contribution in [2.45, 2.75) is 26.2 Å². The summed E-state index contributed by atoms with van der Waals surface area (Å²) in [6, 6.07) is 0. The average Bonchev–Trinajstić information content (AvgIpc) is 2.14. The molecule has 4 N–H and O–H groups in total. The maximum absolute atomic E-state index is 9.94. The number of aliphatic carboxylic acids is 2. The molecule has 0 atom stereocenters. The maximum Gasteiger partial charge on any atom is 0.303 e. The molecule has 0 aromatic carbocycles. The Morgan fingerprint density at radius 3 is 1.80 bits per heavy atom. The Bertz CT molecular complexity index is 206. The molecule has 6 heteroatoms. The summed E-state index contributed by atoms with van der Waals surface area (Å²) in [7, 11) is 0. The Balaban J connectivity index is -0.000000208.